The number of halogens is 1. The highest BCUT2D eigenvalue weighted by Gasteiger charge is 2.34. The molecule has 1 saturated heterocycles. The van der Waals surface area contributed by atoms with E-state index in [-0.39, 0.29) is 16.6 Å². The Balaban J connectivity index is 1.64. The first-order valence-electron chi connectivity index (χ1n) is 7.73. The van der Waals surface area contributed by atoms with Crippen LogP contribution in [0, 0.1) is 5.82 Å². The van der Waals surface area contributed by atoms with E-state index in [4.69, 9.17) is 0 Å². The van der Waals surface area contributed by atoms with Crippen LogP contribution in [0.15, 0.2) is 53.7 Å². The minimum Gasteiger partial charge on any atom is -0.345 e. The molecule has 1 aromatic carbocycles. The number of nitrogens with zero attached hydrogens (tertiary/aromatic N) is 2. The van der Waals surface area contributed by atoms with E-state index in [1.54, 1.807) is 24.4 Å². The molecular weight excluding hydrogens is 329 g/mol. The van der Waals surface area contributed by atoms with Crippen molar-refractivity contribution in [2.75, 3.05) is 13.1 Å². The molecule has 124 valence electrons. The molecule has 7 heteroatoms. The van der Waals surface area contributed by atoms with Crippen LogP contribution >= 0.6 is 0 Å². The minimum atomic E-state index is -3.60. The van der Waals surface area contributed by atoms with E-state index < -0.39 is 10.0 Å². The third-order valence-electron chi connectivity index (χ3n) is 4.50. The SMILES string of the molecule is O=S(=O)(c1c[nH]c2ncccc12)N1CC[C@@H](c2cccc(F)c2)C1. The smallest absolute Gasteiger partial charge is 0.245 e. The Labute approximate surface area is 139 Å². The Morgan fingerprint density at radius 3 is 2.96 bits per heavy atom. The first-order valence-corrected chi connectivity index (χ1v) is 9.17. The molecule has 0 saturated carbocycles. The Morgan fingerprint density at radius 2 is 2.12 bits per heavy atom. The Hall–Kier alpha value is -2.25. The number of fused-ring (bicyclic) bond motifs is 1. The van der Waals surface area contributed by atoms with Gasteiger partial charge in [0.05, 0.1) is 0 Å². The van der Waals surface area contributed by atoms with Gasteiger partial charge in [-0.2, -0.15) is 4.31 Å². The standard InChI is InChI=1S/C17H16FN3O2S/c18-14-4-1-3-12(9-14)13-6-8-21(11-13)24(22,23)16-10-20-17-15(16)5-2-7-19-17/h1-5,7,9-10,13H,6,8,11H2,(H,19,20)/t13-/m1/s1. The molecule has 0 amide bonds. The largest absolute Gasteiger partial charge is 0.345 e. The van der Waals surface area contributed by atoms with Crippen molar-refractivity contribution in [1.82, 2.24) is 14.3 Å². The Morgan fingerprint density at radius 1 is 1.25 bits per heavy atom. The van der Waals surface area contributed by atoms with Gasteiger partial charge in [-0.1, -0.05) is 12.1 Å². The summed E-state index contributed by atoms with van der Waals surface area (Å²) in [4.78, 5) is 7.28. The van der Waals surface area contributed by atoms with Crippen molar-refractivity contribution in [3.63, 3.8) is 0 Å². The summed E-state index contributed by atoms with van der Waals surface area (Å²) in [7, 11) is -3.60. The second kappa shape index (κ2) is 5.68. The summed E-state index contributed by atoms with van der Waals surface area (Å²) in [5.41, 5.74) is 1.39. The van der Waals surface area contributed by atoms with Gasteiger partial charge in [0.15, 0.2) is 0 Å². The summed E-state index contributed by atoms with van der Waals surface area (Å²) in [6.45, 7) is 0.787. The van der Waals surface area contributed by atoms with Crippen molar-refractivity contribution in [1.29, 1.82) is 0 Å². The highest BCUT2D eigenvalue weighted by atomic mass is 32.2. The lowest BCUT2D eigenvalue weighted by Gasteiger charge is -2.16. The molecule has 1 fully saturated rings. The number of hydrogen-bond donors (Lipinski definition) is 1. The molecule has 5 nitrogen and oxygen atoms in total. The van der Waals surface area contributed by atoms with E-state index >= 15 is 0 Å². The summed E-state index contributed by atoms with van der Waals surface area (Å²) in [6.07, 6.45) is 3.79. The van der Waals surface area contributed by atoms with Crippen LogP contribution in [-0.4, -0.2) is 35.8 Å². The third kappa shape index (κ3) is 2.50. The van der Waals surface area contributed by atoms with Crippen molar-refractivity contribution < 1.29 is 12.8 Å². The predicted octanol–water partition coefficient (Wildman–Crippen LogP) is 2.88. The van der Waals surface area contributed by atoms with Crippen molar-refractivity contribution in [2.45, 2.75) is 17.2 Å². The molecular formula is C17H16FN3O2S. The Bertz CT molecular complexity index is 1000. The second-order valence-corrected chi connectivity index (χ2v) is 7.86. The minimum absolute atomic E-state index is 0.0128. The van der Waals surface area contributed by atoms with Crippen LogP contribution in [0.2, 0.25) is 0 Å². The number of benzene rings is 1. The van der Waals surface area contributed by atoms with E-state index in [1.165, 1.54) is 22.6 Å². The highest BCUT2D eigenvalue weighted by Crippen LogP contribution is 2.33. The zero-order valence-corrected chi connectivity index (χ0v) is 13.6. The van der Waals surface area contributed by atoms with E-state index in [1.807, 2.05) is 6.07 Å². The van der Waals surface area contributed by atoms with Crippen molar-refractivity contribution in [3.8, 4) is 0 Å². The van der Waals surface area contributed by atoms with Gasteiger partial charge in [0.1, 0.15) is 16.4 Å². The molecule has 2 aromatic heterocycles. The number of nitrogens with one attached hydrogen (secondary N) is 1. The summed E-state index contributed by atoms with van der Waals surface area (Å²) in [5, 5.41) is 0.590. The Kier molecular flexibility index (Phi) is 3.62. The highest BCUT2D eigenvalue weighted by molar-refractivity contribution is 7.89. The van der Waals surface area contributed by atoms with Gasteiger partial charge in [-0.15, -0.1) is 0 Å². The molecule has 0 spiro atoms. The number of pyridine rings is 1. The van der Waals surface area contributed by atoms with Gasteiger partial charge < -0.3 is 4.98 Å². The number of rotatable bonds is 3. The number of sulfonamides is 1. The lowest BCUT2D eigenvalue weighted by molar-refractivity contribution is 0.473. The van der Waals surface area contributed by atoms with E-state index in [9.17, 15) is 12.8 Å². The fourth-order valence-electron chi connectivity index (χ4n) is 3.26. The van der Waals surface area contributed by atoms with Crippen LogP contribution in [0.5, 0.6) is 0 Å². The van der Waals surface area contributed by atoms with Gasteiger partial charge in [-0.3, -0.25) is 0 Å². The summed E-state index contributed by atoms with van der Waals surface area (Å²) in [6, 6.07) is 9.84. The van der Waals surface area contributed by atoms with Gasteiger partial charge in [0, 0.05) is 30.9 Å². The molecule has 3 aromatic rings. The molecule has 3 heterocycles. The monoisotopic (exact) mass is 345 g/mol. The maximum Gasteiger partial charge on any atom is 0.245 e. The van der Waals surface area contributed by atoms with Crippen molar-refractivity contribution in [2.24, 2.45) is 0 Å². The van der Waals surface area contributed by atoms with Crippen LogP contribution in [0.25, 0.3) is 11.0 Å². The molecule has 0 unspecified atom stereocenters. The zero-order valence-electron chi connectivity index (χ0n) is 12.8. The molecule has 0 radical (unpaired) electrons. The van der Waals surface area contributed by atoms with Crippen LogP contribution < -0.4 is 0 Å². The molecule has 4 rings (SSSR count). The van der Waals surface area contributed by atoms with Gasteiger partial charge >= 0.3 is 0 Å². The molecule has 1 aliphatic heterocycles. The average molecular weight is 345 g/mol. The van der Waals surface area contributed by atoms with Crippen LogP contribution in [-0.2, 0) is 10.0 Å². The van der Waals surface area contributed by atoms with Gasteiger partial charge in [-0.05, 0) is 42.2 Å². The van der Waals surface area contributed by atoms with Crippen LogP contribution in [0.1, 0.15) is 17.9 Å². The van der Waals surface area contributed by atoms with Crippen LogP contribution in [0.4, 0.5) is 4.39 Å². The quantitative estimate of drug-likeness (QED) is 0.794. The second-order valence-electron chi connectivity index (χ2n) is 5.96. The third-order valence-corrected chi connectivity index (χ3v) is 6.41. The van der Waals surface area contributed by atoms with E-state index in [0.29, 0.717) is 30.5 Å². The molecule has 0 aliphatic carbocycles. The number of aromatic nitrogens is 2. The number of hydrogen-bond acceptors (Lipinski definition) is 3. The maximum absolute atomic E-state index is 13.4. The molecule has 0 bridgehead atoms. The van der Waals surface area contributed by atoms with E-state index in [0.717, 1.165) is 5.56 Å². The normalized spacial score (nSPS) is 19.1. The van der Waals surface area contributed by atoms with Gasteiger partial charge in [0.2, 0.25) is 10.0 Å². The number of H-pyrrole nitrogens is 1. The van der Waals surface area contributed by atoms with Crippen molar-refractivity contribution in [3.05, 3.63) is 60.2 Å². The molecule has 1 atom stereocenters. The molecule has 1 aliphatic rings. The summed E-state index contributed by atoms with van der Waals surface area (Å²) < 4.78 is 40.8. The molecule has 1 N–H and O–H groups in total. The molecule has 24 heavy (non-hydrogen) atoms. The average Bonchev–Trinajstić information content (AvgIpc) is 3.23. The lowest BCUT2D eigenvalue weighted by Crippen LogP contribution is -2.28. The fraction of sp³-hybridized carbons (Fsp3) is 0.235. The first kappa shape index (κ1) is 15.3. The summed E-state index contributed by atoms with van der Waals surface area (Å²) in [5.74, 6) is -0.282. The lowest BCUT2D eigenvalue weighted by atomic mass is 9.99. The fourth-order valence-corrected chi connectivity index (χ4v) is 4.91. The number of aromatic amines is 1. The van der Waals surface area contributed by atoms with Gasteiger partial charge in [-0.25, -0.2) is 17.8 Å². The first-order chi connectivity index (χ1) is 11.6. The van der Waals surface area contributed by atoms with Crippen molar-refractivity contribution >= 4 is 21.1 Å². The van der Waals surface area contributed by atoms with Gasteiger partial charge in [0.25, 0.3) is 0 Å². The predicted molar refractivity (Wildman–Crippen MR) is 88.6 cm³/mol. The maximum atomic E-state index is 13.4. The topological polar surface area (TPSA) is 66.1 Å². The van der Waals surface area contributed by atoms with Crippen LogP contribution in [0.3, 0.4) is 0 Å². The van der Waals surface area contributed by atoms with E-state index in [2.05, 4.69) is 9.97 Å². The summed E-state index contributed by atoms with van der Waals surface area (Å²) >= 11 is 0. The zero-order chi connectivity index (χ0) is 16.7.